The van der Waals surface area contributed by atoms with Crippen LogP contribution in [0.15, 0.2) is 36.7 Å². The molecule has 0 bridgehead atoms. The van der Waals surface area contributed by atoms with E-state index in [1.54, 1.807) is 4.68 Å². The lowest BCUT2D eigenvalue weighted by molar-refractivity contribution is -0.125. The Labute approximate surface area is 183 Å². The predicted octanol–water partition coefficient (Wildman–Crippen LogP) is 2.16. The number of amides is 1. The number of hydrogen-bond donors (Lipinski definition) is 2. The Morgan fingerprint density at radius 1 is 1.30 bits per heavy atom. The fraction of sp³-hybridized carbons (Fsp3) is 0.545. The second-order valence-corrected chi connectivity index (χ2v) is 7.98. The number of nitrogens with one attached hydrogen (secondary N) is 2. The third kappa shape index (κ3) is 5.82. The smallest absolute Gasteiger partial charge is 0.225 e. The summed E-state index contributed by atoms with van der Waals surface area (Å²) in [6.07, 6.45) is 6.07. The van der Waals surface area contributed by atoms with E-state index in [4.69, 9.17) is 9.47 Å². The normalized spacial score (nSPS) is 21.9. The molecule has 3 heterocycles. The Hall–Kier alpha value is -1.93. The summed E-state index contributed by atoms with van der Waals surface area (Å²) in [5.74, 6) is 0.190. The van der Waals surface area contributed by atoms with Gasteiger partial charge in [-0.1, -0.05) is 24.3 Å². The van der Waals surface area contributed by atoms with E-state index in [1.807, 2.05) is 31.6 Å². The zero-order chi connectivity index (χ0) is 20.1. The van der Waals surface area contributed by atoms with Crippen LogP contribution >= 0.6 is 12.4 Å². The maximum Gasteiger partial charge on any atom is 0.225 e. The largest absolute Gasteiger partial charge is 0.381 e. The lowest BCUT2D eigenvalue weighted by Crippen LogP contribution is -2.34. The molecular weight excluding hydrogens is 404 g/mol. The first-order chi connectivity index (χ1) is 14.2. The second-order valence-electron chi connectivity index (χ2n) is 7.98. The van der Waals surface area contributed by atoms with Crippen molar-refractivity contribution >= 4 is 18.3 Å². The lowest BCUT2D eigenvalue weighted by Gasteiger charge is -2.22. The summed E-state index contributed by atoms with van der Waals surface area (Å²) in [7, 11) is 1.90. The number of aryl methyl sites for hydroxylation is 1. The first-order valence-corrected chi connectivity index (χ1v) is 10.4. The number of nitrogens with zero attached hydrogens (tertiary/aromatic N) is 2. The molecule has 7 nitrogen and oxygen atoms in total. The molecule has 0 aliphatic carbocycles. The molecular formula is C22H31ClN4O3. The third-order valence-electron chi connectivity index (χ3n) is 5.82. The quantitative estimate of drug-likeness (QED) is 0.698. The maximum absolute atomic E-state index is 12.8. The van der Waals surface area contributed by atoms with Crippen LogP contribution in [0.1, 0.15) is 35.4 Å². The van der Waals surface area contributed by atoms with E-state index >= 15 is 0 Å². The molecule has 2 atom stereocenters. The number of carbonyl (C=O) groups excluding carboxylic acids is 1. The van der Waals surface area contributed by atoms with Crippen molar-refractivity contribution in [3.05, 3.63) is 53.3 Å². The molecule has 2 fully saturated rings. The van der Waals surface area contributed by atoms with Gasteiger partial charge in [-0.3, -0.25) is 9.48 Å². The molecule has 30 heavy (non-hydrogen) atoms. The second kappa shape index (κ2) is 10.9. The first kappa shape index (κ1) is 22.7. The highest BCUT2D eigenvalue weighted by molar-refractivity contribution is 5.85. The van der Waals surface area contributed by atoms with Crippen LogP contribution < -0.4 is 10.6 Å². The van der Waals surface area contributed by atoms with Crippen molar-refractivity contribution in [2.45, 2.75) is 38.0 Å². The summed E-state index contributed by atoms with van der Waals surface area (Å²) in [6.45, 7) is 4.20. The molecule has 1 amide bonds. The predicted molar refractivity (Wildman–Crippen MR) is 116 cm³/mol. The van der Waals surface area contributed by atoms with Crippen LogP contribution in [-0.2, 0) is 34.5 Å². The van der Waals surface area contributed by atoms with Gasteiger partial charge < -0.3 is 20.1 Å². The summed E-state index contributed by atoms with van der Waals surface area (Å²) in [5, 5.41) is 10.7. The van der Waals surface area contributed by atoms with Crippen molar-refractivity contribution in [3.8, 4) is 0 Å². The van der Waals surface area contributed by atoms with Gasteiger partial charge in [0.25, 0.3) is 0 Å². The summed E-state index contributed by atoms with van der Waals surface area (Å²) < 4.78 is 13.2. The van der Waals surface area contributed by atoms with Crippen LogP contribution in [0.5, 0.6) is 0 Å². The van der Waals surface area contributed by atoms with Crippen molar-refractivity contribution in [3.63, 3.8) is 0 Å². The Balaban J connectivity index is 0.00000256. The van der Waals surface area contributed by atoms with Crippen molar-refractivity contribution in [2.75, 3.05) is 26.3 Å². The number of ether oxygens (including phenoxy) is 2. The van der Waals surface area contributed by atoms with E-state index in [2.05, 4.69) is 27.9 Å². The van der Waals surface area contributed by atoms with Gasteiger partial charge in [0.1, 0.15) is 0 Å². The van der Waals surface area contributed by atoms with Gasteiger partial charge in [-0.15, -0.1) is 12.4 Å². The lowest BCUT2D eigenvalue weighted by atomic mass is 9.90. The fourth-order valence-electron chi connectivity index (χ4n) is 4.14. The standard InChI is InChI=1S/C22H30N4O3.ClH/c1-26-14-18(11-25-26)20-12-23-13-21(20)22(27)24-10-16-3-2-4-17(9-16)15-29-19-5-7-28-8-6-19;/h2-4,9,11,14,19-21,23H,5-8,10,12-13,15H2,1H3,(H,24,27);1H/t20-,21+;/m1./s1. The number of aromatic nitrogens is 2. The Morgan fingerprint density at radius 2 is 2.10 bits per heavy atom. The molecule has 2 aromatic rings. The van der Waals surface area contributed by atoms with Crippen molar-refractivity contribution in [1.82, 2.24) is 20.4 Å². The van der Waals surface area contributed by atoms with Crippen molar-refractivity contribution < 1.29 is 14.3 Å². The zero-order valence-corrected chi connectivity index (χ0v) is 18.2. The number of halogens is 1. The van der Waals surface area contributed by atoms with E-state index in [-0.39, 0.29) is 36.3 Å². The highest BCUT2D eigenvalue weighted by atomic mass is 35.5. The third-order valence-corrected chi connectivity index (χ3v) is 5.82. The van der Waals surface area contributed by atoms with Crippen LogP contribution in [0.3, 0.4) is 0 Å². The molecule has 0 radical (unpaired) electrons. The summed E-state index contributed by atoms with van der Waals surface area (Å²) >= 11 is 0. The number of rotatable bonds is 7. The average Bonchev–Trinajstić information content (AvgIpc) is 3.40. The van der Waals surface area contributed by atoms with Gasteiger partial charge in [-0.2, -0.15) is 5.10 Å². The molecule has 2 N–H and O–H groups in total. The summed E-state index contributed by atoms with van der Waals surface area (Å²) in [4.78, 5) is 12.8. The van der Waals surface area contributed by atoms with E-state index in [1.165, 1.54) is 0 Å². The van der Waals surface area contributed by atoms with Crippen LogP contribution in [0, 0.1) is 5.92 Å². The molecule has 4 rings (SSSR count). The van der Waals surface area contributed by atoms with E-state index in [0.717, 1.165) is 49.3 Å². The Morgan fingerprint density at radius 3 is 2.87 bits per heavy atom. The van der Waals surface area contributed by atoms with Gasteiger partial charge in [0.15, 0.2) is 0 Å². The van der Waals surface area contributed by atoms with E-state index in [0.29, 0.717) is 19.7 Å². The molecule has 2 aliphatic rings. The topological polar surface area (TPSA) is 77.4 Å². The van der Waals surface area contributed by atoms with Crippen LogP contribution in [0.4, 0.5) is 0 Å². The molecule has 8 heteroatoms. The first-order valence-electron chi connectivity index (χ1n) is 10.4. The Bertz CT molecular complexity index is 822. The van der Waals surface area contributed by atoms with Gasteiger partial charge in [0, 0.05) is 52.0 Å². The molecule has 2 aliphatic heterocycles. The van der Waals surface area contributed by atoms with Gasteiger partial charge >= 0.3 is 0 Å². The van der Waals surface area contributed by atoms with Crippen molar-refractivity contribution in [1.29, 1.82) is 0 Å². The van der Waals surface area contributed by atoms with Gasteiger partial charge in [0.05, 0.1) is 24.8 Å². The molecule has 1 aromatic carbocycles. The molecule has 2 saturated heterocycles. The fourth-order valence-corrected chi connectivity index (χ4v) is 4.14. The maximum atomic E-state index is 12.8. The molecule has 164 valence electrons. The molecule has 0 saturated carbocycles. The number of carbonyl (C=O) groups is 1. The van der Waals surface area contributed by atoms with Crippen LogP contribution in [0.25, 0.3) is 0 Å². The van der Waals surface area contributed by atoms with E-state index in [9.17, 15) is 4.79 Å². The number of benzene rings is 1. The zero-order valence-electron chi connectivity index (χ0n) is 17.4. The molecule has 0 spiro atoms. The Kier molecular flexibility index (Phi) is 8.27. The monoisotopic (exact) mass is 434 g/mol. The van der Waals surface area contributed by atoms with Gasteiger partial charge in [-0.25, -0.2) is 0 Å². The molecule has 1 aromatic heterocycles. The van der Waals surface area contributed by atoms with Crippen LogP contribution in [-0.4, -0.2) is 48.1 Å². The minimum Gasteiger partial charge on any atom is -0.381 e. The van der Waals surface area contributed by atoms with Gasteiger partial charge in [0.2, 0.25) is 5.91 Å². The molecule has 0 unspecified atom stereocenters. The summed E-state index contributed by atoms with van der Waals surface area (Å²) in [6, 6.07) is 8.26. The highest BCUT2D eigenvalue weighted by Crippen LogP contribution is 2.28. The van der Waals surface area contributed by atoms with Crippen LogP contribution in [0.2, 0.25) is 0 Å². The summed E-state index contributed by atoms with van der Waals surface area (Å²) in [5.41, 5.74) is 3.35. The minimum absolute atomic E-state index is 0. The number of hydrogen-bond acceptors (Lipinski definition) is 5. The van der Waals surface area contributed by atoms with Gasteiger partial charge in [-0.05, 0) is 29.5 Å². The highest BCUT2D eigenvalue weighted by Gasteiger charge is 2.34. The van der Waals surface area contributed by atoms with E-state index < -0.39 is 0 Å². The minimum atomic E-state index is -0.0702. The van der Waals surface area contributed by atoms with Crippen molar-refractivity contribution in [2.24, 2.45) is 13.0 Å². The average molecular weight is 435 g/mol. The SMILES string of the molecule is Cl.Cn1cc([C@H]2CNC[C@@H]2C(=O)NCc2cccc(COC3CCOCC3)c2)cn1.